The summed E-state index contributed by atoms with van der Waals surface area (Å²) in [5.41, 5.74) is 2.90. The standard InChI is InChI=1S/C18H13N7O2S/c1-19-17(27)13-3-2-10(6-20-13)16(26)24-15-5-11-4-14(18-25-23-9-28-18)21-7-12(11)8-22-15/h2-9H,1H3,(H,19,27)(H,22,24,26). The summed E-state index contributed by atoms with van der Waals surface area (Å²) in [7, 11) is 1.52. The third-order valence-corrected chi connectivity index (χ3v) is 4.62. The summed E-state index contributed by atoms with van der Waals surface area (Å²) in [6.45, 7) is 0. The molecule has 9 nitrogen and oxygen atoms in total. The summed E-state index contributed by atoms with van der Waals surface area (Å²) in [4.78, 5) is 36.5. The van der Waals surface area contributed by atoms with Crippen LogP contribution in [0.5, 0.6) is 0 Å². The minimum Gasteiger partial charge on any atom is -0.354 e. The van der Waals surface area contributed by atoms with Gasteiger partial charge in [0.05, 0.1) is 5.56 Å². The molecule has 0 fully saturated rings. The molecule has 4 aromatic heterocycles. The van der Waals surface area contributed by atoms with Gasteiger partial charge in [0.1, 0.15) is 22.7 Å². The van der Waals surface area contributed by atoms with Crippen molar-refractivity contribution in [2.24, 2.45) is 0 Å². The second-order valence-corrected chi connectivity index (χ2v) is 6.53. The van der Waals surface area contributed by atoms with Gasteiger partial charge < -0.3 is 10.6 Å². The second-order valence-electron chi connectivity index (χ2n) is 5.70. The third-order valence-electron chi connectivity index (χ3n) is 3.91. The number of hydrogen-bond acceptors (Lipinski definition) is 8. The molecule has 0 aliphatic heterocycles. The van der Waals surface area contributed by atoms with Crippen molar-refractivity contribution in [3.8, 4) is 10.7 Å². The third kappa shape index (κ3) is 3.53. The Balaban J connectivity index is 1.57. The molecule has 4 rings (SSSR count). The van der Waals surface area contributed by atoms with E-state index in [4.69, 9.17) is 0 Å². The van der Waals surface area contributed by atoms with Crippen molar-refractivity contribution in [1.29, 1.82) is 0 Å². The monoisotopic (exact) mass is 391 g/mol. The lowest BCUT2D eigenvalue weighted by atomic mass is 10.2. The molecule has 0 unspecified atom stereocenters. The topological polar surface area (TPSA) is 123 Å². The molecule has 0 atom stereocenters. The smallest absolute Gasteiger partial charge is 0.269 e. The summed E-state index contributed by atoms with van der Waals surface area (Å²) in [5, 5.41) is 15.5. The maximum atomic E-state index is 12.4. The number of pyridine rings is 3. The fourth-order valence-corrected chi connectivity index (χ4v) is 3.01. The molecular formula is C18H13N7O2S. The minimum absolute atomic E-state index is 0.236. The van der Waals surface area contributed by atoms with Gasteiger partial charge in [0, 0.05) is 31.0 Å². The summed E-state index contributed by atoms with van der Waals surface area (Å²) >= 11 is 1.40. The zero-order valence-electron chi connectivity index (χ0n) is 14.6. The summed E-state index contributed by atoms with van der Waals surface area (Å²) < 4.78 is 0. The average molecular weight is 391 g/mol. The lowest BCUT2D eigenvalue weighted by molar-refractivity contribution is 0.0955. The molecule has 2 amide bonds. The van der Waals surface area contributed by atoms with Crippen LogP contribution in [-0.2, 0) is 0 Å². The first-order valence-electron chi connectivity index (χ1n) is 8.16. The van der Waals surface area contributed by atoms with Crippen LogP contribution >= 0.6 is 11.3 Å². The van der Waals surface area contributed by atoms with Crippen molar-refractivity contribution in [2.45, 2.75) is 0 Å². The number of carbonyl (C=O) groups excluding carboxylic acids is 2. The van der Waals surface area contributed by atoms with E-state index in [1.807, 2.05) is 6.07 Å². The summed E-state index contributed by atoms with van der Waals surface area (Å²) in [6.07, 6.45) is 4.68. The number of carbonyl (C=O) groups is 2. The first-order valence-corrected chi connectivity index (χ1v) is 9.04. The van der Waals surface area contributed by atoms with Crippen LogP contribution in [0.1, 0.15) is 20.8 Å². The van der Waals surface area contributed by atoms with Crippen molar-refractivity contribution < 1.29 is 9.59 Å². The van der Waals surface area contributed by atoms with Gasteiger partial charge >= 0.3 is 0 Å². The van der Waals surface area contributed by atoms with Gasteiger partial charge in [-0.15, -0.1) is 10.2 Å². The van der Waals surface area contributed by atoms with Gasteiger partial charge in [0.15, 0.2) is 5.01 Å². The van der Waals surface area contributed by atoms with Crippen LogP contribution in [0.2, 0.25) is 0 Å². The molecule has 4 aromatic rings. The predicted octanol–water partition coefficient (Wildman–Crippen LogP) is 2.16. The van der Waals surface area contributed by atoms with E-state index < -0.39 is 0 Å². The number of aromatic nitrogens is 5. The van der Waals surface area contributed by atoms with E-state index in [0.717, 1.165) is 10.8 Å². The predicted molar refractivity (Wildman–Crippen MR) is 104 cm³/mol. The van der Waals surface area contributed by atoms with Crippen molar-refractivity contribution >= 4 is 39.7 Å². The maximum Gasteiger partial charge on any atom is 0.269 e. The van der Waals surface area contributed by atoms with Crippen LogP contribution in [0.3, 0.4) is 0 Å². The molecule has 138 valence electrons. The Kier molecular flexibility index (Phi) is 4.68. The highest BCUT2D eigenvalue weighted by Gasteiger charge is 2.11. The highest BCUT2D eigenvalue weighted by Crippen LogP contribution is 2.24. The van der Waals surface area contributed by atoms with E-state index in [2.05, 4.69) is 35.8 Å². The number of nitrogens with one attached hydrogen (secondary N) is 2. The van der Waals surface area contributed by atoms with Crippen molar-refractivity contribution in [1.82, 2.24) is 30.5 Å². The van der Waals surface area contributed by atoms with Crippen LogP contribution < -0.4 is 10.6 Å². The fraction of sp³-hybridized carbons (Fsp3) is 0.0556. The second kappa shape index (κ2) is 7.45. The number of rotatable bonds is 4. The Morgan fingerprint density at radius 1 is 0.964 bits per heavy atom. The highest BCUT2D eigenvalue weighted by molar-refractivity contribution is 7.12. The maximum absolute atomic E-state index is 12.4. The zero-order chi connectivity index (χ0) is 19.5. The molecule has 28 heavy (non-hydrogen) atoms. The minimum atomic E-state index is -0.374. The average Bonchev–Trinajstić information content (AvgIpc) is 3.27. The number of fused-ring (bicyclic) bond motifs is 1. The van der Waals surface area contributed by atoms with Crippen LogP contribution in [0, 0.1) is 0 Å². The molecule has 0 aromatic carbocycles. The largest absolute Gasteiger partial charge is 0.354 e. The highest BCUT2D eigenvalue weighted by atomic mass is 32.1. The quantitative estimate of drug-likeness (QED) is 0.546. The molecule has 0 radical (unpaired) electrons. The van der Waals surface area contributed by atoms with Gasteiger partial charge in [0.25, 0.3) is 11.8 Å². The number of hydrogen-bond donors (Lipinski definition) is 2. The van der Waals surface area contributed by atoms with Gasteiger partial charge in [0.2, 0.25) is 0 Å². The van der Waals surface area contributed by atoms with Crippen LogP contribution in [0.25, 0.3) is 21.5 Å². The van der Waals surface area contributed by atoms with Crippen molar-refractivity contribution in [3.05, 3.63) is 59.6 Å². The first kappa shape index (κ1) is 17.6. The molecule has 0 spiro atoms. The summed E-state index contributed by atoms with van der Waals surface area (Å²) in [6, 6.07) is 6.64. The van der Waals surface area contributed by atoms with Crippen molar-refractivity contribution in [3.63, 3.8) is 0 Å². The number of amides is 2. The Morgan fingerprint density at radius 2 is 1.82 bits per heavy atom. The van der Waals surface area contributed by atoms with Gasteiger partial charge in [-0.3, -0.25) is 19.6 Å². The van der Waals surface area contributed by atoms with Gasteiger partial charge in [-0.1, -0.05) is 11.3 Å². The van der Waals surface area contributed by atoms with E-state index in [-0.39, 0.29) is 17.5 Å². The fourth-order valence-electron chi connectivity index (χ4n) is 2.49. The first-order chi connectivity index (χ1) is 13.6. The molecular weight excluding hydrogens is 378 g/mol. The number of nitrogens with zero attached hydrogens (tertiary/aromatic N) is 5. The normalized spacial score (nSPS) is 10.6. The molecule has 10 heteroatoms. The zero-order valence-corrected chi connectivity index (χ0v) is 15.4. The van der Waals surface area contributed by atoms with Gasteiger partial charge in [-0.05, 0) is 29.7 Å². The van der Waals surface area contributed by atoms with Gasteiger partial charge in [-0.25, -0.2) is 4.98 Å². The van der Waals surface area contributed by atoms with Gasteiger partial charge in [-0.2, -0.15) is 0 Å². The molecule has 0 aliphatic rings. The molecule has 2 N–H and O–H groups in total. The Bertz CT molecular complexity index is 1160. The molecule has 0 saturated heterocycles. The lowest BCUT2D eigenvalue weighted by Crippen LogP contribution is -2.20. The molecule has 4 heterocycles. The van der Waals surface area contributed by atoms with E-state index in [1.165, 1.54) is 36.7 Å². The molecule has 0 saturated carbocycles. The van der Waals surface area contributed by atoms with E-state index >= 15 is 0 Å². The molecule has 0 bridgehead atoms. The van der Waals surface area contributed by atoms with E-state index in [0.29, 0.717) is 22.1 Å². The van der Waals surface area contributed by atoms with Crippen molar-refractivity contribution in [2.75, 3.05) is 12.4 Å². The SMILES string of the molecule is CNC(=O)c1ccc(C(=O)Nc2cc3cc(-c4nncs4)ncc3cn2)cn1. The Hall–Kier alpha value is -3.79. The summed E-state index contributed by atoms with van der Waals surface area (Å²) in [5.74, 6) is -0.300. The Labute approximate surface area is 162 Å². The van der Waals surface area contributed by atoms with Crippen LogP contribution in [0.4, 0.5) is 5.82 Å². The van der Waals surface area contributed by atoms with E-state index in [1.54, 1.807) is 24.0 Å². The lowest BCUT2D eigenvalue weighted by Gasteiger charge is -2.07. The van der Waals surface area contributed by atoms with Crippen LogP contribution in [-0.4, -0.2) is 44.0 Å². The Morgan fingerprint density at radius 3 is 2.54 bits per heavy atom. The van der Waals surface area contributed by atoms with E-state index in [9.17, 15) is 9.59 Å². The molecule has 0 aliphatic carbocycles. The van der Waals surface area contributed by atoms with Crippen LogP contribution in [0.15, 0.2) is 48.4 Å². The number of anilines is 1.